The van der Waals surface area contributed by atoms with Crippen molar-refractivity contribution < 1.29 is 18.3 Å². The minimum atomic E-state index is -0.570. The number of carbonyl (C=O) groups excluding carboxylic acids is 1. The average molecular weight is 565 g/mol. The Morgan fingerprint density at radius 3 is 2.29 bits per heavy atom. The third-order valence-corrected chi connectivity index (χ3v) is 6.68. The van der Waals surface area contributed by atoms with Crippen LogP contribution in [0.3, 0.4) is 0 Å². The van der Waals surface area contributed by atoms with Gasteiger partial charge in [0.15, 0.2) is 11.5 Å². The lowest BCUT2D eigenvalue weighted by Crippen LogP contribution is -2.12. The molecule has 34 heavy (non-hydrogen) atoms. The van der Waals surface area contributed by atoms with Crippen LogP contribution in [0.1, 0.15) is 21.9 Å². The van der Waals surface area contributed by atoms with Crippen LogP contribution in [0, 0.1) is 5.82 Å². The van der Waals surface area contributed by atoms with Crippen LogP contribution in [0.4, 0.5) is 10.3 Å². The van der Waals surface area contributed by atoms with E-state index in [0.29, 0.717) is 12.3 Å². The number of rotatable bonds is 7. The molecule has 0 saturated heterocycles. The van der Waals surface area contributed by atoms with Crippen LogP contribution in [0.15, 0.2) is 47.1 Å². The van der Waals surface area contributed by atoms with Crippen molar-refractivity contribution in [2.45, 2.75) is 13.2 Å². The number of furan rings is 1. The lowest BCUT2D eigenvalue weighted by molar-refractivity contribution is 0.0991. The third kappa shape index (κ3) is 5.42. The molecule has 0 bridgehead atoms. The van der Waals surface area contributed by atoms with Gasteiger partial charge in [-0.25, -0.2) is 14.1 Å². The van der Waals surface area contributed by atoms with E-state index in [1.54, 1.807) is 12.1 Å². The fourth-order valence-electron chi connectivity index (χ4n) is 2.80. The van der Waals surface area contributed by atoms with Gasteiger partial charge >= 0.3 is 0 Å². The van der Waals surface area contributed by atoms with Gasteiger partial charge in [-0.1, -0.05) is 70.1 Å². The Morgan fingerprint density at radius 1 is 0.971 bits per heavy atom. The molecule has 0 radical (unpaired) electrons. The Labute approximate surface area is 217 Å². The molecule has 0 spiro atoms. The van der Waals surface area contributed by atoms with Gasteiger partial charge in [0.2, 0.25) is 5.95 Å². The van der Waals surface area contributed by atoms with Gasteiger partial charge < -0.3 is 9.15 Å². The molecule has 4 rings (SSSR count). The molecule has 0 aliphatic carbocycles. The molecule has 13 heteroatoms. The summed E-state index contributed by atoms with van der Waals surface area (Å²) in [5, 5.41) is 6.69. The molecule has 0 aliphatic rings. The molecule has 176 valence electrons. The van der Waals surface area contributed by atoms with Crippen molar-refractivity contribution in [3.05, 3.63) is 90.7 Å². The zero-order valence-corrected chi connectivity index (χ0v) is 20.6. The van der Waals surface area contributed by atoms with Gasteiger partial charge in [-0.3, -0.25) is 10.1 Å². The van der Waals surface area contributed by atoms with Gasteiger partial charge in [-0.05, 0) is 29.8 Å². The maximum atomic E-state index is 13.0. The highest BCUT2D eigenvalue weighted by atomic mass is 35.5. The molecule has 0 unspecified atom stereocenters. The SMILES string of the molecule is O=C(Nc1ncn(Cc2ccc(F)cc2)n1)c1ccc(COc2c(Cl)c(Cl)c(Cl)c(Cl)c2Cl)o1. The topological polar surface area (TPSA) is 82.2 Å². The molecular formula is C21H12Cl5FN4O3. The molecule has 2 heterocycles. The molecule has 0 aliphatic heterocycles. The lowest BCUT2D eigenvalue weighted by atomic mass is 10.2. The first kappa shape index (κ1) is 24.6. The van der Waals surface area contributed by atoms with Crippen LogP contribution >= 0.6 is 58.0 Å². The molecule has 2 aromatic carbocycles. The lowest BCUT2D eigenvalue weighted by Gasteiger charge is -2.12. The zero-order valence-electron chi connectivity index (χ0n) is 16.8. The third-order valence-electron chi connectivity index (χ3n) is 4.43. The summed E-state index contributed by atoms with van der Waals surface area (Å²) >= 11 is 30.3. The van der Waals surface area contributed by atoms with Crippen LogP contribution in [0.25, 0.3) is 0 Å². The summed E-state index contributed by atoms with van der Waals surface area (Å²) in [4.78, 5) is 16.5. The molecule has 4 aromatic rings. The van der Waals surface area contributed by atoms with Gasteiger partial charge in [-0.15, -0.1) is 5.10 Å². The molecule has 2 aromatic heterocycles. The van der Waals surface area contributed by atoms with Crippen LogP contribution in [0.2, 0.25) is 25.1 Å². The van der Waals surface area contributed by atoms with Crippen molar-refractivity contribution in [1.29, 1.82) is 0 Å². The summed E-state index contributed by atoms with van der Waals surface area (Å²) in [5.41, 5.74) is 0.823. The van der Waals surface area contributed by atoms with Gasteiger partial charge in [-0.2, -0.15) is 0 Å². The number of hydrogen-bond donors (Lipinski definition) is 1. The first-order chi connectivity index (χ1) is 16.2. The van der Waals surface area contributed by atoms with Crippen LogP contribution < -0.4 is 10.1 Å². The second kappa shape index (κ2) is 10.4. The van der Waals surface area contributed by atoms with Crippen molar-refractivity contribution in [2.75, 3.05) is 5.32 Å². The summed E-state index contributed by atoms with van der Waals surface area (Å²) in [7, 11) is 0. The van der Waals surface area contributed by atoms with Gasteiger partial charge in [0.05, 0.1) is 21.6 Å². The number of nitrogens with one attached hydrogen (secondary N) is 1. The van der Waals surface area contributed by atoms with E-state index in [4.69, 9.17) is 67.2 Å². The maximum Gasteiger partial charge on any atom is 0.293 e. The first-order valence-electron chi connectivity index (χ1n) is 9.41. The molecule has 1 N–H and O–H groups in total. The Balaban J connectivity index is 1.38. The van der Waals surface area contributed by atoms with Crippen molar-refractivity contribution in [3.63, 3.8) is 0 Å². The minimum Gasteiger partial charge on any atom is -0.482 e. The van der Waals surface area contributed by atoms with Crippen LogP contribution in [0.5, 0.6) is 5.75 Å². The zero-order chi connectivity index (χ0) is 24.4. The molecule has 0 fully saturated rings. The van der Waals surface area contributed by atoms with E-state index in [1.807, 2.05) is 0 Å². The fourth-order valence-corrected chi connectivity index (χ4v) is 4.03. The highest BCUT2D eigenvalue weighted by Crippen LogP contribution is 2.48. The molecule has 7 nitrogen and oxygen atoms in total. The number of anilines is 1. The number of benzene rings is 2. The Kier molecular flexibility index (Phi) is 7.54. The van der Waals surface area contributed by atoms with Crippen molar-refractivity contribution in [3.8, 4) is 5.75 Å². The summed E-state index contributed by atoms with van der Waals surface area (Å²) in [6.07, 6.45) is 1.44. The van der Waals surface area contributed by atoms with Crippen molar-refractivity contribution >= 4 is 69.9 Å². The van der Waals surface area contributed by atoms with Gasteiger partial charge in [0.1, 0.15) is 34.6 Å². The number of ether oxygens (including phenoxy) is 1. The van der Waals surface area contributed by atoms with Gasteiger partial charge in [0, 0.05) is 0 Å². The second-order valence-electron chi connectivity index (χ2n) is 6.80. The molecular weight excluding hydrogens is 553 g/mol. The highest BCUT2D eigenvalue weighted by molar-refractivity contribution is 6.55. The summed E-state index contributed by atoms with van der Waals surface area (Å²) < 4.78 is 25.6. The summed E-state index contributed by atoms with van der Waals surface area (Å²) in [6, 6.07) is 8.96. The predicted octanol–water partition coefficient (Wildman–Crippen LogP) is 7.16. The van der Waals surface area contributed by atoms with Gasteiger partial charge in [0.25, 0.3) is 5.91 Å². The van der Waals surface area contributed by atoms with E-state index >= 15 is 0 Å². The molecule has 0 atom stereocenters. The predicted molar refractivity (Wildman–Crippen MR) is 128 cm³/mol. The summed E-state index contributed by atoms with van der Waals surface area (Å²) in [6.45, 7) is 0.237. The number of hydrogen-bond acceptors (Lipinski definition) is 5. The second-order valence-corrected chi connectivity index (χ2v) is 8.69. The number of nitrogens with zero attached hydrogens (tertiary/aromatic N) is 3. The Morgan fingerprint density at radius 2 is 1.62 bits per heavy atom. The highest BCUT2D eigenvalue weighted by Gasteiger charge is 2.21. The Bertz CT molecular complexity index is 1330. The number of carbonyl (C=O) groups is 1. The van der Waals surface area contributed by atoms with Crippen molar-refractivity contribution in [2.24, 2.45) is 0 Å². The first-order valence-corrected chi connectivity index (χ1v) is 11.3. The van der Waals surface area contributed by atoms with E-state index in [1.165, 1.54) is 35.3 Å². The quantitative estimate of drug-likeness (QED) is 0.190. The van der Waals surface area contributed by atoms with E-state index < -0.39 is 5.91 Å². The minimum absolute atomic E-state index is 0.00129. The monoisotopic (exact) mass is 562 g/mol. The van der Waals surface area contributed by atoms with E-state index in [-0.39, 0.29) is 55.0 Å². The number of halogens is 6. The maximum absolute atomic E-state index is 13.0. The smallest absolute Gasteiger partial charge is 0.293 e. The largest absolute Gasteiger partial charge is 0.482 e. The molecule has 1 amide bonds. The molecule has 0 saturated carbocycles. The standard InChI is InChI=1S/C21H12Cl5FN4O3/c22-14-15(23)17(25)19(18(26)16(14)24)33-8-12-5-6-13(34-12)20(32)29-21-28-9-31(30-21)7-10-1-3-11(27)4-2-10/h1-6,9H,7-8H2,(H,29,30,32). The van der Waals surface area contributed by atoms with Crippen LogP contribution in [-0.4, -0.2) is 20.7 Å². The summed E-state index contributed by atoms with van der Waals surface area (Å²) in [5.74, 6) is -0.497. The fraction of sp³-hybridized carbons (Fsp3) is 0.0952. The van der Waals surface area contributed by atoms with E-state index in [2.05, 4.69) is 15.4 Å². The van der Waals surface area contributed by atoms with E-state index in [9.17, 15) is 9.18 Å². The average Bonchev–Trinajstić information content (AvgIpc) is 3.47. The normalized spacial score (nSPS) is 11.0. The van der Waals surface area contributed by atoms with Crippen LogP contribution in [-0.2, 0) is 13.2 Å². The Hall–Kier alpha value is -2.49. The number of amides is 1. The van der Waals surface area contributed by atoms with E-state index in [0.717, 1.165) is 5.56 Å². The van der Waals surface area contributed by atoms with Crippen molar-refractivity contribution in [1.82, 2.24) is 14.8 Å². The number of aromatic nitrogens is 3.